The quantitative estimate of drug-likeness (QED) is 0.663. The monoisotopic (exact) mass is 300 g/mol. The van der Waals surface area contributed by atoms with Crippen molar-refractivity contribution in [2.24, 2.45) is 0 Å². The summed E-state index contributed by atoms with van der Waals surface area (Å²) < 4.78 is 87.8. The van der Waals surface area contributed by atoms with Crippen LogP contribution >= 0.6 is 11.8 Å². The Morgan fingerprint density at radius 3 is 2.00 bits per heavy atom. The van der Waals surface area contributed by atoms with Crippen molar-refractivity contribution in [1.29, 1.82) is 0 Å². The second-order valence-corrected chi connectivity index (χ2v) is 4.84. The first-order valence-corrected chi connectivity index (χ1v) is 5.79. The fourth-order valence-corrected chi connectivity index (χ4v) is 1.74. The minimum absolute atomic E-state index is 0.421. The third kappa shape index (κ3) is 5.92. The molecule has 0 aliphatic heterocycles. The highest BCUT2D eigenvalue weighted by atomic mass is 32.2. The van der Waals surface area contributed by atoms with Crippen LogP contribution < -0.4 is 0 Å². The number of carbonyl (C=O) groups is 1. The first-order chi connectivity index (χ1) is 7.99. The van der Waals surface area contributed by atoms with Crippen LogP contribution in [-0.4, -0.2) is 35.3 Å². The summed E-state index contributed by atoms with van der Waals surface area (Å²) in [6, 6.07) is 0. The molecule has 1 unspecified atom stereocenters. The Hall–Kier alpha value is -0.470. The van der Waals surface area contributed by atoms with Crippen molar-refractivity contribution in [3.8, 4) is 0 Å². The molecule has 18 heavy (non-hydrogen) atoms. The lowest BCUT2D eigenvalue weighted by Gasteiger charge is -2.27. The number of alkyl halides is 7. The molecule has 0 aromatic carbocycles. The second kappa shape index (κ2) is 6.63. The van der Waals surface area contributed by atoms with Crippen LogP contribution in [0.5, 0.6) is 0 Å². The lowest BCUT2D eigenvalue weighted by Crippen LogP contribution is -2.45. The molecule has 0 amide bonds. The van der Waals surface area contributed by atoms with E-state index in [0.717, 1.165) is 6.92 Å². The fraction of sp³-hybridized carbons (Fsp3) is 0.889. The predicted octanol–water partition coefficient (Wildman–Crippen LogP) is 3.92. The second-order valence-electron chi connectivity index (χ2n) is 3.57. The Bertz CT molecular complexity index is 282. The van der Waals surface area contributed by atoms with Gasteiger partial charge in [-0.15, -0.1) is 0 Å². The van der Waals surface area contributed by atoms with E-state index in [9.17, 15) is 35.5 Å². The van der Waals surface area contributed by atoms with E-state index in [1.54, 1.807) is 0 Å². The van der Waals surface area contributed by atoms with E-state index < -0.39 is 48.2 Å². The van der Waals surface area contributed by atoms with Gasteiger partial charge in [-0.2, -0.15) is 0 Å². The molecule has 0 saturated heterocycles. The molecule has 0 aromatic heterocycles. The minimum Gasteiger partial charge on any atom is -0.288 e. The summed E-state index contributed by atoms with van der Waals surface area (Å²) in [6.07, 6.45) is -11.2. The molecule has 0 heterocycles. The standard InChI is InChI=1S/C9H11F7OS/c1-5(17)18-3-2-8(13,14)7(12)9(15,16)4-6(10)11/h6-7H,2-4H2,1H3. The van der Waals surface area contributed by atoms with Gasteiger partial charge in [0, 0.05) is 19.1 Å². The molecule has 0 bridgehead atoms. The average Bonchev–Trinajstić information content (AvgIpc) is 2.13. The van der Waals surface area contributed by atoms with Gasteiger partial charge in [0.2, 0.25) is 12.6 Å². The van der Waals surface area contributed by atoms with Crippen molar-refractivity contribution in [2.45, 2.75) is 44.2 Å². The Kier molecular flexibility index (Phi) is 6.45. The van der Waals surface area contributed by atoms with E-state index in [-0.39, 0.29) is 0 Å². The van der Waals surface area contributed by atoms with Crippen LogP contribution in [0.4, 0.5) is 30.7 Å². The SMILES string of the molecule is CC(=O)SCCC(F)(F)C(F)C(F)(F)CC(F)F. The molecule has 0 aromatic rings. The van der Waals surface area contributed by atoms with Gasteiger partial charge in [-0.1, -0.05) is 11.8 Å². The van der Waals surface area contributed by atoms with Gasteiger partial charge in [-0.25, -0.2) is 30.7 Å². The van der Waals surface area contributed by atoms with Crippen molar-refractivity contribution >= 4 is 16.9 Å². The topological polar surface area (TPSA) is 17.1 Å². The van der Waals surface area contributed by atoms with Crippen molar-refractivity contribution in [1.82, 2.24) is 0 Å². The molecule has 0 rings (SSSR count). The smallest absolute Gasteiger partial charge is 0.288 e. The molecular formula is C9H11F7OS. The summed E-state index contributed by atoms with van der Waals surface area (Å²) in [5.41, 5.74) is 0. The highest BCUT2D eigenvalue weighted by molar-refractivity contribution is 8.13. The van der Waals surface area contributed by atoms with Gasteiger partial charge in [0.1, 0.15) is 0 Å². The van der Waals surface area contributed by atoms with E-state index in [1.807, 2.05) is 0 Å². The summed E-state index contributed by atoms with van der Waals surface area (Å²) >= 11 is 0.421. The lowest BCUT2D eigenvalue weighted by atomic mass is 10.0. The summed E-state index contributed by atoms with van der Waals surface area (Å²) in [5.74, 6) is -9.83. The largest absolute Gasteiger partial charge is 0.290 e. The molecule has 9 heteroatoms. The van der Waals surface area contributed by atoms with Gasteiger partial charge in [0.15, 0.2) is 5.12 Å². The zero-order valence-electron chi connectivity index (χ0n) is 9.24. The average molecular weight is 300 g/mol. The van der Waals surface area contributed by atoms with Crippen LogP contribution in [0, 0.1) is 0 Å². The van der Waals surface area contributed by atoms with E-state index >= 15 is 0 Å². The molecule has 0 saturated carbocycles. The number of rotatable bonds is 7. The maximum absolute atomic E-state index is 13.0. The fourth-order valence-electron chi connectivity index (χ4n) is 1.08. The lowest BCUT2D eigenvalue weighted by molar-refractivity contribution is -0.194. The first kappa shape index (κ1) is 17.5. The van der Waals surface area contributed by atoms with Crippen LogP contribution in [-0.2, 0) is 4.79 Å². The molecular weight excluding hydrogens is 289 g/mol. The Morgan fingerprint density at radius 2 is 1.61 bits per heavy atom. The third-order valence-electron chi connectivity index (χ3n) is 1.91. The molecule has 0 N–H and O–H groups in total. The first-order valence-electron chi connectivity index (χ1n) is 4.80. The Balaban J connectivity index is 4.52. The van der Waals surface area contributed by atoms with Gasteiger partial charge in [0.05, 0.1) is 6.42 Å². The van der Waals surface area contributed by atoms with Crippen LogP contribution in [0.25, 0.3) is 0 Å². The summed E-state index contributed by atoms with van der Waals surface area (Å²) in [6.45, 7) is 1.07. The highest BCUT2D eigenvalue weighted by Gasteiger charge is 2.56. The van der Waals surface area contributed by atoms with E-state index in [2.05, 4.69) is 0 Å². The normalized spacial score (nSPS) is 14.9. The maximum Gasteiger partial charge on any atom is 0.290 e. The van der Waals surface area contributed by atoms with Crippen molar-refractivity contribution in [2.75, 3.05) is 5.75 Å². The zero-order chi connectivity index (χ0) is 14.6. The molecule has 0 aliphatic rings. The van der Waals surface area contributed by atoms with Crippen molar-refractivity contribution in [3.63, 3.8) is 0 Å². The summed E-state index contributed by atoms with van der Waals surface area (Å²) in [5, 5.41) is -0.527. The summed E-state index contributed by atoms with van der Waals surface area (Å²) in [7, 11) is 0. The zero-order valence-corrected chi connectivity index (χ0v) is 10.1. The van der Waals surface area contributed by atoms with E-state index in [4.69, 9.17) is 0 Å². The third-order valence-corrected chi connectivity index (χ3v) is 2.72. The van der Waals surface area contributed by atoms with Gasteiger partial charge < -0.3 is 0 Å². The molecule has 0 aliphatic carbocycles. The van der Waals surface area contributed by atoms with Crippen LogP contribution in [0.1, 0.15) is 19.8 Å². The predicted molar refractivity (Wildman–Crippen MR) is 53.2 cm³/mol. The Labute approximate surface area is 103 Å². The number of thioether (sulfide) groups is 1. The molecule has 1 atom stereocenters. The van der Waals surface area contributed by atoms with E-state index in [1.165, 1.54) is 0 Å². The Morgan fingerprint density at radius 1 is 1.11 bits per heavy atom. The van der Waals surface area contributed by atoms with Crippen molar-refractivity contribution < 1.29 is 35.5 Å². The molecule has 0 spiro atoms. The highest BCUT2D eigenvalue weighted by Crippen LogP contribution is 2.39. The maximum atomic E-state index is 13.0. The van der Waals surface area contributed by atoms with Crippen LogP contribution in [0.15, 0.2) is 0 Å². The molecule has 1 nitrogen and oxygen atoms in total. The van der Waals surface area contributed by atoms with Crippen LogP contribution in [0.2, 0.25) is 0 Å². The van der Waals surface area contributed by atoms with Crippen LogP contribution in [0.3, 0.4) is 0 Å². The number of carbonyl (C=O) groups excluding carboxylic acids is 1. The van der Waals surface area contributed by atoms with E-state index in [0.29, 0.717) is 11.8 Å². The number of halogens is 7. The van der Waals surface area contributed by atoms with Gasteiger partial charge in [-0.05, 0) is 0 Å². The molecule has 108 valence electrons. The molecule has 0 radical (unpaired) electrons. The number of hydrogen-bond acceptors (Lipinski definition) is 2. The molecule has 0 fully saturated rings. The minimum atomic E-state index is -4.81. The van der Waals surface area contributed by atoms with Gasteiger partial charge in [-0.3, -0.25) is 4.79 Å². The van der Waals surface area contributed by atoms with Gasteiger partial charge >= 0.3 is 0 Å². The van der Waals surface area contributed by atoms with Crippen molar-refractivity contribution in [3.05, 3.63) is 0 Å². The summed E-state index contributed by atoms with van der Waals surface area (Å²) in [4.78, 5) is 10.4. The number of hydrogen-bond donors (Lipinski definition) is 0. The van der Waals surface area contributed by atoms with Gasteiger partial charge in [0.25, 0.3) is 11.8 Å².